The molecule has 186 valence electrons. The summed E-state index contributed by atoms with van der Waals surface area (Å²) in [6, 6.07) is 36.8. The second-order valence-corrected chi connectivity index (χ2v) is 8.48. The first-order valence-corrected chi connectivity index (χ1v) is 12.1. The molecule has 0 saturated carbocycles. The van der Waals surface area contributed by atoms with Crippen molar-refractivity contribution in [2.45, 2.75) is 6.61 Å². The van der Waals surface area contributed by atoms with Crippen LogP contribution in [0.15, 0.2) is 126 Å². The average Bonchev–Trinajstić information content (AvgIpc) is 2.97. The highest BCUT2D eigenvalue weighted by Crippen LogP contribution is 2.21. The molecule has 0 bridgehead atoms. The van der Waals surface area contributed by atoms with Crippen LogP contribution in [0.4, 0.5) is 0 Å². The predicted octanol–water partition coefficient (Wildman–Crippen LogP) is 6.40. The molecule has 1 amide bonds. The number of carbonyl (C=O) groups is 2. The highest BCUT2D eigenvalue weighted by atomic mass is 16.5. The fourth-order valence-electron chi connectivity index (χ4n) is 3.86. The van der Waals surface area contributed by atoms with Crippen molar-refractivity contribution in [1.82, 2.24) is 5.43 Å². The van der Waals surface area contributed by atoms with E-state index in [1.807, 2.05) is 66.7 Å². The topological polar surface area (TPSA) is 77.0 Å². The fourth-order valence-corrected chi connectivity index (χ4v) is 3.86. The Balaban J connectivity index is 1.13. The molecule has 6 nitrogen and oxygen atoms in total. The first-order valence-electron chi connectivity index (χ1n) is 12.1. The number of esters is 1. The summed E-state index contributed by atoms with van der Waals surface area (Å²) in [4.78, 5) is 25.1. The molecular formula is C32H24N2O4. The van der Waals surface area contributed by atoms with E-state index in [4.69, 9.17) is 9.47 Å². The molecule has 0 saturated heterocycles. The van der Waals surface area contributed by atoms with Gasteiger partial charge in [0.25, 0.3) is 5.91 Å². The molecule has 1 N–H and O–H groups in total. The Morgan fingerprint density at radius 3 is 2.18 bits per heavy atom. The van der Waals surface area contributed by atoms with Crippen LogP contribution < -0.4 is 14.9 Å². The number of hydrazone groups is 1. The molecular weight excluding hydrogens is 476 g/mol. The third-order valence-corrected chi connectivity index (χ3v) is 5.84. The van der Waals surface area contributed by atoms with Gasteiger partial charge in [0.2, 0.25) is 0 Å². The second kappa shape index (κ2) is 11.7. The van der Waals surface area contributed by atoms with Crippen molar-refractivity contribution >= 4 is 28.9 Å². The minimum absolute atomic E-state index is 0.337. The van der Waals surface area contributed by atoms with Crippen LogP contribution in [0.25, 0.3) is 10.8 Å². The van der Waals surface area contributed by atoms with Gasteiger partial charge in [-0.1, -0.05) is 66.7 Å². The number of amides is 1. The largest absolute Gasteiger partial charge is 0.489 e. The summed E-state index contributed by atoms with van der Waals surface area (Å²) >= 11 is 0. The van der Waals surface area contributed by atoms with Gasteiger partial charge >= 0.3 is 5.97 Å². The minimum atomic E-state index is -0.424. The maximum atomic E-state index is 12.7. The van der Waals surface area contributed by atoms with E-state index in [0.29, 0.717) is 29.2 Å². The van der Waals surface area contributed by atoms with E-state index in [-0.39, 0.29) is 5.91 Å². The van der Waals surface area contributed by atoms with Crippen molar-refractivity contribution in [3.63, 3.8) is 0 Å². The van der Waals surface area contributed by atoms with Gasteiger partial charge in [-0.2, -0.15) is 5.10 Å². The van der Waals surface area contributed by atoms with Crippen LogP contribution in [0.1, 0.15) is 31.8 Å². The first-order chi connectivity index (χ1) is 18.7. The van der Waals surface area contributed by atoms with Crippen molar-refractivity contribution in [3.8, 4) is 11.5 Å². The summed E-state index contributed by atoms with van der Waals surface area (Å²) in [7, 11) is 0. The van der Waals surface area contributed by atoms with Gasteiger partial charge in [-0.3, -0.25) is 4.79 Å². The Labute approximate surface area is 220 Å². The number of ether oxygens (including phenoxy) is 2. The molecule has 5 aromatic rings. The molecule has 0 unspecified atom stereocenters. The number of hydrogen-bond acceptors (Lipinski definition) is 5. The highest BCUT2D eigenvalue weighted by molar-refractivity contribution is 6.05. The number of fused-ring (bicyclic) bond motifs is 1. The third-order valence-electron chi connectivity index (χ3n) is 5.84. The quantitative estimate of drug-likeness (QED) is 0.116. The molecule has 0 fully saturated rings. The van der Waals surface area contributed by atoms with Gasteiger partial charge in [-0.25, -0.2) is 10.2 Å². The maximum Gasteiger partial charge on any atom is 0.344 e. The number of rotatable bonds is 8. The van der Waals surface area contributed by atoms with Gasteiger partial charge in [0, 0.05) is 5.56 Å². The normalized spacial score (nSPS) is 10.8. The molecule has 0 aliphatic carbocycles. The van der Waals surface area contributed by atoms with Crippen LogP contribution in [-0.2, 0) is 6.61 Å². The van der Waals surface area contributed by atoms with Crippen molar-refractivity contribution in [2.24, 2.45) is 5.10 Å². The zero-order valence-electron chi connectivity index (χ0n) is 20.4. The van der Waals surface area contributed by atoms with E-state index in [1.54, 1.807) is 54.6 Å². The molecule has 0 aliphatic rings. The molecule has 0 heterocycles. The molecule has 0 radical (unpaired) electrons. The maximum absolute atomic E-state index is 12.7. The van der Waals surface area contributed by atoms with Crippen molar-refractivity contribution < 1.29 is 19.1 Å². The monoisotopic (exact) mass is 500 g/mol. The van der Waals surface area contributed by atoms with Gasteiger partial charge in [0.15, 0.2) is 0 Å². The van der Waals surface area contributed by atoms with E-state index in [0.717, 1.165) is 21.9 Å². The summed E-state index contributed by atoms with van der Waals surface area (Å²) in [6.07, 6.45) is 1.52. The molecule has 0 atom stereocenters. The van der Waals surface area contributed by atoms with Crippen LogP contribution in [0.2, 0.25) is 0 Å². The summed E-state index contributed by atoms with van der Waals surface area (Å²) < 4.78 is 11.3. The first kappa shape index (κ1) is 24.5. The third kappa shape index (κ3) is 6.12. The van der Waals surface area contributed by atoms with E-state index in [2.05, 4.69) is 10.5 Å². The molecule has 5 aromatic carbocycles. The minimum Gasteiger partial charge on any atom is -0.489 e. The van der Waals surface area contributed by atoms with Crippen molar-refractivity contribution in [3.05, 3.63) is 144 Å². The summed E-state index contributed by atoms with van der Waals surface area (Å²) in [5.41, 5.74) is 5.29. The zero-order valence-corrected chi connectivity index (χ0v) is 20.4. The Bertz CT molecular complexity index is 1570. The molecule has 0 aliphatic heterocycles. The highest BCUT2D eigenvalue weighted by Gasteiger charge is 2.12. The Morgan fingerprint density at radius 2 is 1.39 bits per heavy atom. The lowest BCUT2D eigenvalue weighted by atomic mass is 10.0. The lowest BCUT2D eigenvalue weighted by molar-refractivity contribution is 0.0736. The fraction of sp³-hybridized carbons (Fsp3) is 0.0312. The number of nitrogens with one attached hydrogen (secondary N) is 1. The number of nitrogens with zero attached hydrogens (tertiary/aromatic N) is 1. The number of carbonyl (C=O) groups excluding carboxylic acids is 2. The van der Waals surface area contributed by atoms with Gasteiger partial charge in [0.05, 0.1) is 11.8 Å². The SMILES string of the molecule is O=C(N/N=C\c1ccc(OC(=O)c2cccc3ccccc23)cc1)c1ccc(OCc2ccccc2)cc1. The average molecular weight is 501 g/mol. The second-order valence-electron chi connectivity index (χ2n) is 8.48. The molecule has 0 aromatic heterocycles. The molecule has 38 heavy (non-hydrogen) atoms. The zero-order chi connectivity index (χ0) is 26.2. The number of hydrogen-bond donors (Lipinski definition) is 1. The van der Waals surface area contributed by atoms with Crippen molar-refractivity contribution in [2.75, 3.05) is 0 Å². The summed E-state index contributed by atoms with van der Waals surface area (Å²) in [5.74, 6) is 0.331. The smallest absolute Gasteiger partial charge is 0.344 e. The Hall–Kier alpha value is -5.23. The van der Waals surface area contributed by atoms with Crippen LogP contribution in [0, 0.1) is 0 Å². The summed E-state index contributed by atoms with van der Waals surface area (Å²) in [6.45, 7) is 0.456. The predicted molar refractivity (Wildman–Crippen MR) is 148 cm³/mol. The van der Waals surface area contributed by atoms with Gasteiger partial charge in [-0.05, 0) is 76.5 Å². The van der Waals surface area contributed by atoms with Gasteiger partial charge < -0.3 is 9.47 Å². The van der Waals surface area contributed by atoms with Gasteiger partial charge in [0.1, 0.15) is 18.1 Å². The standard InChI is InChI=1S/C32H24N2O4/c35-31(26-15-19-27(20-16-26)37-22-24-7-2-1-3-8-24)34-33-21-23-13-17-28(18-14-23)38-32(36)30-12-6-10-25-9-4-5-11-29(25)30/h1-21H,22H2,(H,34,35)/b33-21-. The van der Waals surface area contributed by atoms with Crippen molar-refractivity contribution in [1.29, 1.82) is 0 Å². The van der Waals surface area contributed by atoms with E-state index in [9.17, 15) is 9.59 Å². The van der Waals surface area contributed by atoms with Crippen LogP contribution in [-0.4, -0.2) is 18.1 Å². The lowest BCUT2D eigenvalue weighted by Gasteiger charge is -2.07. The Morgan fingerprint density at radius 1 is 0.711 bits per heavy atom. The molecule has 0 spiro atoms. The van der Waals surface area contributed by atoms with Crippen LogP contribution in [0.5, 0.6) is 11.5 Å². The molecule has 6 heteroatoms. The van der Waals surface area contributed by atoms with E-state index >= 15 is 0 Å². The van der Waals surface area contributed by atoms with Crippen LogP contribution >= 0.6 is 0 Å². The van der Waals surface area contributed by atoms with Crippen LogP contribution in [0.3, 0.4) is 0 Å². The van der Waals surface area contributed by atoms with E-state index in [1.165, 1.54) is 6.21 Å². The Kier molecular flexibility index (Phi) is 7.51. The summed E-state index contributed by atoms with van der Waals surface area (Å²) in [5, 5.41) is 5.84. The lowest BCUT2D eigenvalue weighted by Crippen LogP contribution is -2.17. The van der Waals surface area contributed by atoms with Gasteiger partial charge in [-0.15, -0.1) is 0 Å². The molecule has 5 rings (SSSR count). The van der Waals surface area contributed by atoms with E-state index < -0.39 is 5.97 Å². The number of benzene rings is 5.